The van der Waals surface area contributed by atoms with Gasteiger partial charge in [0.2, 0.25) is 5.91 Å². The van der Waals surface area contributed by atoms with Crippen molar-refractivity contribution >= 4 is 41.5 Å². The van der Waals surface area contributed by atoms with E-state index in [2.05, 4.69) is 0 Å². The lowest BCUT2D eigenvalue weighted by Crippen LogP contribution is -2.33. The van der Waals surface area contributed by atoms with Crippen LogP contribution in [-0.2, 0) is 4.79 Å². The van der Waals surface area contributed by atoms with Crippen LogP contribution in [0.2, 0.25) is 0 Å². The molecule has 1 aliphatic heterocycles. The van der Waals surface area contributed by atoms with E-state index in [1.165, 1.54) is 0 Å². The second kappa shape index (κ2) is 4.05. The molecule has 2 aliphatic rings. The third-order valence-corrected chi connectivity index (χ3v) is 3.50. The highest BCUT2D eigenvalue weighted by molar-refractivity contribution is 6.52. The Labute approximate surface area is 99.3 Å². The Balaban J connectivity index is 0.000000980. The van der Waals surface area contributed by atoms with Crippen LogP contribution in [0.25, 0.3) is 0 Å². The molecule has 0 radical (unpaired) electrons. The highest BCUT2D eigenvalue weighted by Crippen LogP contribution is 2.54. The highest BCUT2D eigenvalue weighted by Gasteiger charge is 2.57. The Kier molecular flexibility index (Phi) is 3.58. The fourth-order valence-corrected chi connectivity index (χ4v) is 2.18. The molecule has 2 fully saturated rings. The first kappa shape index (κ1) is 12.4. The Morgan fingerprint density at radius 2 is 2.07 bits per heavy atom. The fourth-order valence-electron chi connectivity index (χ4n) is 1.69. The van der Waals surface area contributed by atoms with Crippen LogP contribution < -0.4 is 5.73 Å². The summed E-state index contributed by atoms with van der Waals surface area (Å²) < 4.78 is -0.802. The van der Waals surface area contributed by atoms with E-state index in [1.807, 2.05) is 0 Å². The van der Waals surface area contributed by atoms with E-state index in [4.69, 9.17) is 28.9 Å². The van der Waals surface area contributed by atoms with Crippen molar-refractivity contribution in [1.29, 1.82) is 0 Å². The average Bonchev–Trinajstić information content (AvgIpc) is 2.47. The van der Waals surface area contributed by atoms with Crippen molar-refractivity contribution in [3.05, 3.63) is 0 Å². The van der Waals surface area contributed by atoms with Gasteiger partial charge in [0, 0.05) is 19.1 Å². The number of hydrogen-bond donors (Lipinski definition) is 1. The van der Waals surface area contributed by atoms with Crippen molar-refractivity contribution in [2.24, 2.45) is 11.7 Å². The molecule has 82 valence electrons. The first-order valence-corrected chi connectivity index (χ1v) is 5.18. The van der Waals surface area contributed by atoms with Gasteiger partial charge in [-0.3, -0.25) is 4.79 Å². The van der Waals surface area contributed by atoms with Crippen LogP contribution in [0.4, 0.5) is 0 Å². The maximum Gasteiger partial charge on any atom is 0.228 e. The van der Waals surface area contributed by atoms with Crippen molar-refractivity contribution in [2.75, 3.05) is 13.1 Å². The lowest BCUT2D eigenvalue weighted by Gasteiger charge is -2.15. The minimum Gasteiger partial charge on any atom is -0.341 e. The summed E-state index contributed by atoms with van der Waals surface area (Å²) in [5.41, 5.74) is 5.69. The standard InChI is InChI=1S/C8H12Cl2N2O.ClH/c9-8(10)3-6(8)7(13)12-2-1-5(11)4-12;/h5-6H,1-4,11H2;1H/t5-,6?;/m0./s1. The van der Waals surface area contributed by atoms with E-state index in [9.17, 15) is 4.79 Å². The molecule has 14 heavy (non-hydrogen) atoms. The maximum atomic E-state index is 11.7. The van der Waals surface area contributed by atoms with Gasteiger partial charge in [-0.2, -0.15) is 0 Å². The molecule has 0 spiro atoms. The lowest BCUT2D eigenvalue weighted by atomic mass is 10.3. The number of halogens is 3. The van der Waals surface area contributed by atoms with Gasteiger partial charge >= 0.3 is 0 Å². The molecule has 1 aliphatic carbocycles. The lowest BCUT2D eigenvalue weighted by molar-refractivity contribution is -0.131. The van der Waals surface area contributed by atoms with Crippen molar-refractivity contribution in [3.8, 4) is 0 Å². The second-order valence-electron chi connectivity index (χ2n) is 3.85. The topological polar surface area (TPSA) is 46.3 Å². The van der Waals surface area contributed by atoms with Gasteiger partial charge in [-0.1, -0.05) is 0 Å². The van der Waals surface area contributed by atoms with E-state index in [1.54, 1.807) is 4.90 Å². The first-order chi connectivity index (χ1) is 6.00. The Hall–Kier alpha value is 0.300. The van der Waals surface area contributed by atoms with E-state index in [0.29, 0.717) is 13.0 Å². The molecular weight excluding hydrogens is 246 g/mol. The molecule has 1 saturated carbocycles. The number of amides is 1. The number of carbonyl (C=O) groups excluding carboxylic acids is 1. The molecule has 0 aromatic heterocycles. The molecule has 1 saturated heterocycles. The first-order valence-electron chi connectivity index (χ1n) is 4.43. The Morgan fingerprint density at radius 3 is 2.43 bits per heavy atom. The molecule has 0 aromatic carbocycles. The smallest absolute Gasteiger partial charge is 0.228 e. The Morgan fingerprint density at radius 1 is 1.50 bits per heavy atom. The number of nitrogens with two attached hydrogens (primary N) is 1. The average molecular weight is 260 g/mol. The van der Waals surface area contributed by atoms with Gasteiger partial charge in [0.15, 0.2) is 0 Å². The molecule has 6 heteroatoms. The van der Waals surface area contributed by atoms with Crippen LogP contribution in [0.1, 0.15) is 12.8 Å². The minimum absolute atomic E-state index is 0. The molecule has 3 nitrogen and oxygen atoms in total. The predicted octanol–water partition coefficient (Wildman–Crippen LogP) is 1.16. The van der Waals surface area contributed by atoms with Gasteiger partial charge in [0.05, 0.1) is 5.92 Å². The molecule has 1 amide bonds. The van der Waals surface area contributed by atoms with Gasteiger partial charge in [0.1, 0.15) is 4.33 Å². The number of carbonyl (C=O) groups is 1. The molecule has 0 aromatic rings. The monoisotopic (exact) mass is 258 g/mol. The zero-order valence-corrected chi connectivity index (χ0v) is 9.91. The molecule has 0 bridgehead atoms. The summed E-state index contributed by atoms with van der Waals surface area (Å²) in [5.74, 6) is -0.126. The normalized spacial score (nSPS) is 33.8. The molecule has 2 atom stereocenters. The number of likely N-dealkylation sites (tertiary alicyclic amines) is 1. The van der Waals surface area contributed by atoms with Crippen LogP contribution in [0.3, 0.4) is 0 Å². The zero-order valence-electron chi connectivity index (χ0n) is 7.58. The highest BCUT2D eigenvalue weighted by atomic mass is 35.5. The van der Waals surface area contributed by atoms with Gasteiger partial charge < -0.3 is 10.6 Å². The number of rotatable bonds is 1. The van der Waals surface area contributed by atoms with Gasteiger partial charge in [-0.25, -0.2) is 0 Å². The molecule has 2 N–H and O–H groups in total. The number of alkyl halides is 2. The molecule has 1 heterocycles. The predicted molar refractivity (Wildman–Crippen MR) is 59.0 cm³/mol. The number of nitrogens with zero attached hydrogens (tertiary/aromatic N) is 1. The fraction of sp³-hybridized carbons (Fsp3) is 0.875. The summed E-state index contributed by atoms with van der Waals surface area (Å²) in [5, 5.41) is 0. The van der Waals surface area contributed by atoms with Crippen molar-refractivity contribution in [3.63, 3.8) is 0 Å². The summed E-state index contributed by atoms with van der Waals surface area (Å²) in [6.45, 7) is 1.40. The van der Waals surface area contributed by atoms with Gasteiger partial charge in [0.25, 0.3) is 0 Å². The summed E-state index contributed by atoms with van der Waals surface area (Å²) in [6.07, 6.45) is 1.47. The largest absolute Gasteiger partial charge is 0.341 e. The zero-order chi connectivity index (χ0) is 9.64. The van der Waals surface area contributed by atoms with Crippen LogP contribution in [0.15, 0.2) is 0 Å². The van der Waals surface area contributed by atoms with Crippen LogP contribution >= 0.6 is 35.6 Å². The molecular formula is C8H13Cl3N2O. The van der Waals surface area contributed by atoms with Crippen LogP contribution in [-0.4, -0.2) is 34.3 Å². The maximum absolute atomic E-state index is 11.7. The molecule has 1 unspecified atom stereocenters. The Bertz CT molecular complexity index is 247. The van der Waals surface area contributed by atoms with Gasteiger partial charge in [-0.15, -0.1) is 35.6 Å². The van der Waals surface area contributed by atoms with Crippen LogP contribution in [0, 0.1) is 5.92 Å². The van der Waals surface area contributed by atoms with Crippen molar-refractivity contribution in [2.45, 2.75) is 23.2 Å². The molecule has 2 rings (SSSR count). The van der Waals surface area contributed by atoms with Crippen molar-refractivity contribution < 1.29 is 4.79 Å². The summed E-state index contributed by atoms with van der Waals surface area (Å²) in [4.78, 5) is 13.4. The third kappa shape index (κ3) is 2.27. The minimum atomic E-state index is -0.802. The number of hydrogen-bond acceptors (Lipinski definition) is 2. The van der Waals surface area contributed by atoms with E-state index in [-0.39, 0.29) is 30.3 Å². The van der Waals surface area contributed by atoms with E-state index >= 15 is 0 Å². The van der Waals surface area contributed by atoms with E-state index in [0.717, 1.165) is 13.0 Å². The summed E-state index contributed by atoms with van der Waals surface area (Å²) in [6, 6.07) is 0.128. The summed E-state index contributed by atoms with van der Waals surface area (Å²) >= 11 is 11.6. The third-order valence-electron chi connectivity index (χ3n) is 2.66. The summed E-state index contributed by atoms with van der Waals surface area (Å²) in [7, 11) is 0. The van der Waals surface area contributed by atoms with Crippen molar-refractivity contribution in [1.82, 2.24) is 4.90 Å². The van der Waals surface area contributed by atoms with E-state index < -0.39 is 4.33 Å². The second-order valence-corrected chi connectivity index (χ2v) is 5.39. The van der Waals surface area contributed by atoms with Gasteiger partial charge in [-0.05, 0) is 12.8 Å². The SMILES string of the molecule is Cl.N[C@H]1CCN(C(=O)C2CC2(Cl)Cl)C1. The van der Waals surface area contributed by atoms with Crippen LogP contribution in [0.5, 0.6) is 0 Å². The quantitative estimate of drug-likeness (QED) is 0.719.